The molecule has 2 saturated heterocycles. The lowest BCUT2D eigenvalue weighted by Gasteiger charge is -2.31. The summed E-state index contributed by atoms with van der Waals surface area (Å²) in [5.41, 5.74) is 0.813. The summed E-state index contributed by atoms with van der Waals surface area (Å²) < 4.78 is 53.8. The molecule has 14 heteroatoms. The van der Waals surface area contributed by atoms with Gasteiger partial charge in [-0.3, -0.25) is 0 Å². The van der Waals surface area contributed by atoms with E-state index >= 15 is 0 Å². The number of ether oxygens (including phenoxy) is 1. The number of anilines is 1. The van der Waals surface area contributed by atoms with Crippen molar-refractivity contribution in [2.75, 3.05) is 18.0 Å². The van der Waals surface area contributed by atoms with E-state index in [2.05, 4.69) is 35.9 Å². The Balaban J connectivity index is 1.44. The van der Waals surface area contributed by atoms with E-state index < -0.39 is 18.9 Å². The molecule has 2 aliphatic rings. The third kappa shape index (κ3) is 3.91. The standard InChI is InChI=1S/C20H19F3N8O2S/c21-20(22,23)17(32-9-14-27-29-30-28-14)12-3-4-13(18-24-5-6-34-18)16-15(12)26-19(33-16)31-7-10-1-2-11(8-31)25-10/h3-6,10-11,17,25H,1-2,7-9H2,(H,27,28,29,30). The quantitative estimate of drug-likeness (QED) is 0.418. The van der Waals surface area contributed by atoms with E-state index in [4.69, 9.17) is 9.15 Å². The summed E-state index contributed by atoms with van der Waals surface area (Å²) in [6, 6.07) is 3.88. The highest BCUT2D eigenvalue weighted by atomic mass is 32.1. The lowest BCUT2D eigenvalue weighted by Crippen LogP contribution is -2.51. The monoisotopic (exact) mass is 492 g/mol. The number of oxazole rings is 1. The summed E-state index contributed by atoms with van der Waals surface area (Å²) in [7, 11) is 0. The van der Waals surface area contributed by atoms with Crippen LogP contribution in [0.15, 0.2) is 28.1 Å². The third-order valence-electron chi connectivity index (χ3n) is 6.07. The van der Waals surface area contributed by atoms with Gasteiger partial charge in [-0.2, -0.15) is 18.2 Å². The third-order valence-corrected chi connectivity index (χ3v) is 6.88. The zero-order chi connectivity index (χ0) is 23.3. The highest BCUT2D eigenvalue weighted by Gasteiger charge is 2.44. The number of H-pyrrole nitrogens is 1. The summed E-state index contributed by atoms with van der Waals surface area (Å²) in [6.45, 7) is 0.921. The number of alkyl halides is 3. The molecule has 3 aromatic heterocycles. The molecular formula is C20H19F3N8O2S. The fourth-order valence-electron chi connectivity index (χ4n) is 4.60. The Hall–Kier alpha value is -3.10. The highest BCUT2D eigenvalue weighted by Crippen LogP contribution is 2.43. The van der Waals surface area contributed by atoms with Gasteiger partial charge in [0.05, 0.1) is 5.56 Å². The van der Waals surface area contributed by atoms with Gasteiger partial charge in [-0.25, -0.2) is 10.1 Å². The smallest absolute Gasteiger partial charge is 0.418 e. The number of hydrogen-bond acceptors (Lipinski definition) is 10. The average Bonchev–Trinajstić information content (AvgIpc) is 3.61. The number of hydrogen-bond donors (Lipinski definition) is 2. The Labute approximate surface area is 194 Å². The SMILES string of the molecule is FC(F)(F)C(OCc1nnn[nH]1)c1ccc(-c2nccs2)c2oc(N3CC4CCC(C3)N4)nc12. The van der Waals surface area contributed by atoms with Crippen molar-refractivity contribution in [1.82, 2.24) is 35.9 Å². The van der Waals surface area contributed by atoms with Crippen molar-refractivity contribution in [3.63, 3.8) is 0 Å². The van der Waals surface area contributed by atoms with Crippen molar-refractivity contribution in [1.29, 1.82) is 0 Å². The Morgan fingerprint density at radius 3 is 2.74 bits per heavy atom. The van der Waals surface area contributed by atoms with Gasteiger partial charge in [0.2, 0.25) is 0 Å². The molecule has 5 heterocycles. The van der Waals surface area contributed by atoms with E-state index in [1.165, 1.54) is 17.4 Å². The first-order chi connectivity index (χ1) is 16.5. The Morgan fingerprint density at radius 2 is 2.06 bits per heavy atom. The minimum absolute atomic E-state index is 0.0852. The van der Waals surface area contributed by atoms with Crippen LogP contribution in [0.1, 0.15) is 30.3 Å². The van der Waals surface area contributed by atoms with Gasteiger partial charge in [-0.1, -0.05) is 6.07 Å². The van der Waals surface area contributed by atoms with Gasteiger partial charge in [-0.15, -0.1) is 16.4 Å². The minimum atomic E-state index is -4.70. The number of rotatable bonds is 6. The summed E-state index contributed by atoms with van der Waals surface area (Å²) in [4.78, 5) is 10.9. The average molecular weight is 492 g/mol. The van der Waals surface area contributed by atoms with Crippen molar-refractivity contribution in [2.24, 2.45) is 0 Å². The van der Waals surface area contributed by atoms with Crippen LogP contribution in [0, 0.1) is 0 Å². The summed E-state index contributed by atoms with van der Waals surface area (Å²) in [5.74, 6) is 0.0852. The molecule has 0 amide bonds. The van der Waals surface area contributed by atoms with Crippen LogP contribution in [-0.2, 0) is 11.3 Å². The topological polar surface area (TPSA) is 118 Å². The molecule has 2 aliphatic heterocycles. The first kappa shape index (κ1) is 21.4. The molecule has 0 radical (unpaired) electrons. The van der Waals surface area contributed by atoms with E-state index in [9.17, 15) is 13.2 Å². The minimum Gasteiger partial charge on any atom is -0.423 e. The first-order valence-corrected chi connectivity index (χ1v) is 11.6. The lowest BCUT2D eigenvalue weighted by molar-refractivity contribution is -0.227. The molecular weight excluding hydrogens is 473 g/mol. The molecule has 178 valence electrons. The van der Waals surface area contributed by atoms with Crippen molar-refractivity contribution in [3.05, 3.63) is 35.1 Å². The fourth-order valence-corrected chi connectivity index (χ4v) is 5.26. The van der Waals surface area contributed by atoms with Crippen LogP contribution in [0.5, 0.6) is 0 Å². The van der Waals surface area contributed by atoms with Gasteiger partial charge in [0.1, 0.15) is 17.1 Å². The second-order valence-electron chi connectivity index (χ2n) is 8.34. The molecule has 1 aromatic carbocycles. The molecule has 34 heavy (non-hydrogen) atoms. The van der Waals surface area contributed by atoms with Crippen LogP contribution >= 0.6 is 11.3 Å². The summed E-state index contributed by atoms with van der Waals surface area (Å²) in [5, 5.41) is 18.7. The van der Waals surface area contributed by atoms with Crippen molar-refractivity contribution < 1.29 is 22.3 Å². The van der Waals surface area contributed by atoms with Gasteiger partial charge in [0.25, 0.3) is 6.01 Å². The normalized spacial score (nSPS) is 21.4. The molecule has 2 N–H and O–H groups in total. The number of nitrogens with one attached hydrogen (secondary N) is 2. The van der Waals surface area contributed by atoms with Gasteiger partial charge < -0.3 is 19.4 Å². The number of nitrogens with zero attached hydrogens (tertiary/aromatic N) is 6. The van der Waals surface area contributed by atoms with Gasteiger partial charge in [-0.05, 0) is 29.3 Å². The predicted molar refractivity (Wildman–Crippen MR) is 115 cm³/mol. The highest BCUT2D eigenvalue weighted by molar-refractivity contribution is 7.13. The largest absolute Gasteiger partial charge is 0.423 e. The maximum absolute atomic E-state index is 14.1. The zero-order valence-corrected chi connectivity index (χ0v) is 18.4. The number of benzene rings is 1. The Bertz CT molecular complexity index is 1270. The van der Waals surface area contributed by atoms with E-state index in [0.29, 0.717) is 41.8 Å². The maximum Gasteiger partial charge on any atom is 0.418 e. The van der Waals surface area contributed by atoms with Crippen LogP contribution in [0.4, 0.5) is 19.2 Å². The van der Waals surface area contributed by atoms with Gasteiger partial charge >= 0.3 is 6.18 Å². The number of aromatic nitrogens is 6. The number of thiazole rings is 1. The Kier molecular flexibility index (Phi) is 5.22. The van der Waals surface area contributed by atoms with E-state index in [-0.39, 0.29) is 22.5 Å². The summed E-state index contributed by atoms with van der Waals surface area (Å²) in [6.07, 6.45) is -3.20. The van der Waals surface area contributed by atoms with Gasteiger partial charge in [0.15, 0.2) is 17.5 Å². The van der Waals surface area contributed by atoms with Crippen LogP contribution in [0.25, 0.3) is 21.7 Å². The second-order valence-corrected chi connectivity index (χ2v) is 9.23. The number of aromatic amines is 1. The molecule has 2 bridgehead atoms. The van der Waals surface area contributed by atoms with E-state index in [1.54, 1.807) is 17.6 Å². The van der Waals surface area contributed by atoms with E-state index in [0.717, 1.165) is 12.8 Å². The van der Waals surface area contributed by atoms with Gasteiger partial charge in [0, 0.05) is 42.3 Å². The second kappa shape index (κ2) is 8.29. The predicted octanol–water partition coefficient (Wildman–Crippen LogP) is 3.23. The molecule has 3 atom stereocenters. The van der Waals surface area contributed by atoms with Crippen molar-refractivity contribution in [3.8, 4) is 10.6 Å². The zero-order valence-electron chi connectivity index (χ0n) is 17.6. The van der Waals surface area contributed by atoms with Crippen LogP contribution in [0.2, 0.25) is 0 Å². The molecule has 4 aromatic rings. The number of halogens is 3. The van der Waals surface area contributed by atoms with Crippen LogP contribution < -0.4 is 10.2 Å². The molecule has 0 aliphatic carbocycles. The molecule has 0 saturated carbocycles. The fraction of sp³-hybridized carbons (Fsp3) is 0.450. The molecule has 2 fully saturated rings. The Morgan fingerprint density at radius 1 is 1.24 bits per heavy atom. The lowest BCUT2D eigenvalue weighted by atomic mass is 10.0. The first-order valence-electron chi connectivity index (χ1n) is 10.7. The molecule has 6 rings (SSSR count). The number of piperazine rings is 1. The molecule has 3 unspecified atom stereocenters. The van der Waals surface area contributed by atoms with E-state index in [1.807, 2.05) is 4.90 Å². The number of fused-ring (bicyclic) bond motifs is 3. The number of tetrazole rings is 1. The van der Waals surface area contributed by atoms with Crippen molar-refractivity contribution in [2.45, 2.75) is 43.8 Å². The van der Waals surface area contributed by atoms with Crippen LogP contribution in [0.3, 0.4) is 0 Å². The van der Waals surface area contributed by atoms with Crippen molar-refractivity contribution >= 4 is 28.5 Å². The maximum atomic E-state index is 14.1. The molecule has 10 nitrogen and oxygen atoms in total. The van der Waals surface area contributed by atoms with Crippen LogP contribution in [-0.4, -0.2) is 61.9 Å². The molecule has 0 spiro atoms. The summed E-state index contributed by atoms with van der Waals surface area (Å²) >= 11 is 1.37.